The Hall–Kier alpha value is -3.94. The number of allylic oxidation sites excluding steroid dienone is 1. The number of carboxylic acids is 1. The van der Waals surface area contributed by atoms with Gasteiger partial charge in [-0.15, -0.1) is 0 Å². The molecule has 2 rings (SSSR count). The van der Waals surface area contributed by atoms with Crippen LogP contribution in [0.15, 0.2) is 77.0 Å². The molecule has 2 atom stereocenters. The number of ether oxygens (including phenoxy) is 2. The van der Waals surface area contributed by atoms with Crippen LogP contribution in [0, 0.1) is 5.92 Å². The van der Waals surface area contributed by atoms with Gasteiger partial charge in [0.1, 0.15) is 30.6 Å². The zero-order valence-electron chi connectivity index (χ0n) is 19.4. The summed E-state index contributed by atoms with van der Waals surface area (Å²) < 4.78 is 10.8. The van der Waals surface area contributed by atoms with Crippen LogP contribution in [0.3, 0.4) is 0 Å². The van der Waals surface area contributed by atoms with E-state index in [1.807, 2.05) is 19.1 Å². The minimum absolute atomic E-state index is 0.0258. The first kappa shape index (κ1) is 26.3. The number of aliphatic carboxylic acids is 1. The fourth-order valence-electron chi connectivity index (χ4n) is 3.16. The van der Waals surface area contributed by atoms with Crippen LogP contribution in [-0.4, -0.2) is 40.4 Å². The molecule has 0 aliphatic carbocycles. The summed E-state index contributed by atoms with van der Waals surface area (Å²) in [6.07, 6.45) is -0.152. The van der Waals surface area contributed by atoms with Crippen LogP contribution >= 0.6 is 0 Å². The second-order valence-corrected chi connectivity index (χ2v) is 7.58. The average molecular weight is 468 g/mol. The van der Waals surface area contributed by atoms with E-state index in [9.17, 15) is 24.6 Å². The lowest BCUT2D eigenvalue weighted by Gasteiger charge is -2.20. The van der Waals surface area contributed by atoms with E-state index in [1.165, 1.54) is 13.8 Å². The predicted molar refractivity (Wildman–Crippen MR) is 126 cm³/mol. The van der Waals surface area contributed by atoms with Crippen molar-refractivity contribution < 1.29 is 34.1 Å². The van der Waals surface area contributed by atoms with Gasteiger partial charge in [0.2, 0.25) is 0 Å². The third-order valence-corrected chi connectivity index (χ3v) is 5.02. The minimum atomic E-state index is -1.29. The summed E-state index contributed by atoms with van der Waals surface area (Å²) in [5, 5.41) is 19.8. The first-order chi connectivity index (χ1) is 16.2. The summed E-state index contributed by atoms with van der Waals surface area (Å²) in [5.74, 6) is -4.67. The van der Waals surface area contributed by atoms with Gasteiger partial charge < -0.3 is 19.7 Å². The van der Waals surface area contributed by atoms with Crippen molar-refractivity contribution in [2.45, 2.75) is 39.9 Å². The molecule has 0 aliphatic rings. The van der Waals surface area contributed by atoms with Crippen molar-refractivity contribution in [1.29, 1.82) is 0 Å². The largest absolute Gasteiger partial charge is 0.512 e. The molecule has 0 amide bonds. The fraction of sp³-hybridized carbons (Fsp3) is 0.308. The number of rotatable bonds is 11. The third kappa shape index (κ3) is 7.58. The first-order valence-electron chi connectivity index (χ1n) is 10.9. The molecule has 8 heteroatoms. The summed E-state index contributed by atoms with van der Waals surface area (Å²) in [4.78, 5) is 41.0. The lowest BCUT2D eigenvalue weighted by Crippen LogP contribution is -2.29. The van der Waals surface area contributed by atoms with Crippen molar-refractivity contribution in [3.63, 3.8) is 0 Å². The summed E-state index contributed by atoms with van der Waals surface area (Å²) in [5.41, 5.74) is 0.876. The van der Waals surface area contributed by atoms with E-state index in [1.54, 1.807) is 48.5 Å². The highest BCUT2D eigenvalue weighted by atomic mass is 16.5. The molecular formula is C26H29NO7. The van der Waals surface area contributed by atoms with Crippen LogP contribution in [0.25, 0.3) is 0 Å². The Bertz CT molecular complexity index is 1040. The molecular weight excluding hydrogens is 438 g/mol. The number of esters is 2. The number of aliphatic hydroxyl groups excluding tert-OH is 1. The number of carboxylic acid groups (broad SMARTS) is 1. The minimum Gasteiger partial charge on any atom is -0.512 e. The van der Waals surface area contributed by atoms with E-state index in [0.29, 0.717) is 6.42 Å². The van der Waals surface area contributed by atoms with Gasteiger partial charge in [-0.25, -0.2) is 4.79 Å². The van der Waals surface area contributed by atoms with Gasteiger partial charge in [0.15, 0.2) is 0 Å². The molecule has 0 spiro atoms. The molecule has 0 heterocycles. The topological polar surface area (TPSA) is 122 Å². The van der Waals surface area contributed by atoms with Gasteiger partial charge in [-0.1, -0.05) is 67.6 Å². The number of benzene rings is 2. The standard InChI is InChI=1S/C26H29NO7/c1-4-21(20-13-9-6-10-14-20)34-26(32)23(18(3)28)24(17(2)25(30)31)27-15-22(29)33-16-19-11-7-5-8-12-19/h5-14,17,21,28H,4,15-16H2,1-3H3,(H,30,31). The molecule has 0 fully saturated rings. The molecule has 0 bridgehead atoms. The highest BCUT2D eigenvalue weighted by Gasteiger charge is 2.31. The Kier molecular flexibility index (Phi) is 10.0. The summed E-state index contributed by atoms with van der Waals surface area (Å²) in [6.45, 7) is 3.87. The second kappa shape index (κ2) is 12.9. The summed E-state index contributed by atoms with van der Waals surface area (Å²) >= 11 is 0. The van der Waals surface area contributed by atoms with E-state index >= 15 is 0 Å². The lowest BCUT2D eigenvalue weighted by molar-refractivity contribution is -0.145. The third-order valence-electron chi connectivity index (χ3n) is 5.02. The van der Waals surface area contributed by atoms with Crippen LogP contribution in [0.2, 0.25) is 0 Å². The van der Waals surface area contributed by atoms with Crippen molar-refractivity contribution in [1.82, 2.24) is 0 Å². The molecule has 0 saturated heterocycles. The van der Waals surface area contributed by atoms with E-state index < -0.39 is 42.2 Å². The maximum Gasteiger partial charge on any atom is 0.344 e. The molecule has 0 aromatic heterocycles. The van der Waals surface area contributed by atoms with Crippen LogP contribution in [0.5, 0.6) is 0 Å². The monoisotopic (exact) mass is 467 g/mol. The highest BCUT2D eigenvalue weighted by molar-refractivity contribution is 6.25. The average Bonchev–Trinajstić information content (AvgIpc) is 2.83. The number of hydrogen-bond acceptors (Lipinski definition) is 7. The van der Waals surface area contributed by atoms with Crippen LogP contribution in [-0.2, 0) is 30.5 Å². The quantitative estimate of drug-likeness (QED) is 0.217. The van der Waals surface area contributed by atoms with E-state index in [2.05, 4.69) is 4.99 Å². The van der Waals surface area contributed by atoms with E-state index in [0.717, 1.165) is 11.1 Å². The van der Waals surface area contributed by atoms with Gasteiger partial charge in [-0.3, -0.25) is 14.6 Å². The van der Waals surface area contributed by atoms with Crippen LogP contribution in [0.4, 0.5) is 0 Å². The Morgan fingerprint density at radius 2 is 1.56 bits per heavy atom. The smallest absolute Gasteiger partial charge is 0.344 e. The zero-order chi connectivity index (χ0) is 25.1. The van der Waals surface area contributed by atoms with Gasteiger partial charge in [0.25, 0.3) is 0 Å². The molecule has 0 aliphatic heterocycles. The molecule has 0 saturated carbocycles. The van der Waals surface area contributed by atoms with Crippen molar-refractivity contribution in [3.05, 3.63) is 83.1 Å². The Morgan fingerprint density at radius 3 is 2.09 bits per heavy atom. The maximum absolute atomic E-state index is 13.0. The van der Waals surface area contributed by atoms with Crippen molar-refractivity contribution in [3.8, 4) is 0 Å². The zero-order valence-corrected chi connectivity index (χ0v) is 19.4. The van der Waals surface area contributed by atoms with Gasteiger partial charge in [-0.05, 0) is 31.4 Å². The van der Waals surface area contributed by atoms with E-state index in [4.69, 9.17) is 9.47 Å². The Morgan fingerprint density at radius 1 is 0.971 bits per heavy atom. The number of carbonyl (C=O) groups excluding carboxylic acids is 2. The van der Waals surface area contributed by atoms with Crippen LogP contribution < -0.4 is 0 Å². The molecule has 34 heavy (non-hydrogen) atoms. The molecule has 2 aromatic rings. The normalized spacial score (nSPS) is 13.9. The van der Waals surface area contributed by atoms with Crippen LogP contribution in [0.1, 0.15) is 44.4 Å². The number of carbonyl (C=O) groups is 3. The highest BCUT2D eigenvalue weighted by Crippen LogP contribution is 2.24. The number of aliphatic imine (C=N–C) groups is 1. The predicted octanol–water partition coefficient (Wildman–Crippen LogP) is 4.42. The fourth-order valence-corrected chi connectivity index (χ4v) is 3.16. The molecule has 2 aromatic carbocycles. The summed E-state index contributed by atoms with van der Waals surface area (Å²) in [7, 11) is 0. The van der Waals surface area contributed by atoms with Gasteiger partial charge in [0, 0.05) is 0 Å². The van der Waals surface area contributed by atoms with Crippen molar-refractivity contribution in [2.75, 3.05) is 6.54 Å². The Balaban J connectivity index is 2.24. The van der Waals surface area contributed by atoms with Crippen molar-refractivity contribution in [2.24, 2.45) is 10.9 Å². The van der Waals surface area contributed by atoms with Gasteiger partial charge in [0.05, 0.1) is 11.6 Å². The second-order valence-electron chi connectivity index (χ2n) is 7.58. The molecule has 180 valence electrons. The van der Waals surface area contributed by atoms with Crippen molar-refractivity contribution >= 4 is 23.6 Å². The number of aliphatic hydroxyl groups is 1. The lowest BCUT2D eigenvalue weighted by atomic mass is 9.97. The number of hydrogen-bond donors (Lipinski definition) is 2. The molecule has 2 unspecified atom stereocenters. The molecule has 8 nitrogen and oxygen atoms in total. The molecule has 0 radical (unpaired) electrons. The first-order valence-corrected chi connectivity index (χ1v) is 10.9. The Labute approximate surface area is 198 Å². The number of nitrogens with zero attached hydrogens (tertiary/aromatic N) is 1. The van der Waals surface area contributed by atoms with E-state index in [-0.39, 0.29) is 17.9 Å². The maximum atomic E-state index is 13.0. The molecule has 2 N–H and O–H groups in total. The SMILES string of the molecule is CCC(OC(=O)C(C(=NCC(=O)OCc1ccccc1)C(C)C(=O)O)=C(C)O)c1ccccc1. The van der Waals surface area contributed by atoms with Gasteiger partial charge >= 0.3 is 17.9 Å². The van der Waals surface area contributed by atoms with Gasteiger partial charge in [-0.2, -0.15) is 0 Å². The summed E-state index contributed by atoms with van der Waals surface area (Å²) in [6, 6.07) is 18.1.